The molecule has 3 heterocycles. The number of aromatic nitrogens is 2. The highest BCUT2D eigenvalue weighted by Gasteiger charge is 2.23. The van der Waals surface area contributed by atoms with Crippen LogP contribution < -0.4 is 5.32 Å². The quantitative estimate of drug-likeness (QED) is 0.941. The van der Waals surface area contributed by atoms with Crippen LogP contribution in [0.25, 0.3) is 10.2 Å². The first-order valence-corrected chi connectivity index (χ1v) is 8.39. The average molecular weight is 306 g/mol. The molecule has 1 N–H and O–H groups in total. The molecule has 2 aromatic rings. The molecular formula is C15H22N4OS. The van der Waals surface area contributed by atoms with Crippen LogP contribution in [0.15, 0.2) is 11.4 Å². The molecule has 0 radical (unpaired) electrons. The van der Waals surface area contributed by atoms with Crippen LogP contribution in [0.4, 0.5) is 5.82 Å². The molecule has 5 nitrogen and oxygen atoms in total. The van der Waals surface area contributed by atoms with Gasteiger partial charge in [0.1, 0.15) is 16.5 Å². The van der Waals surface area contributed by atoms with Gasteiger partial charge in [0.2, 0.25) is 0 Å². The molecule has 2 aromatic heterocycles. The number of nitrogens with zero attached hydrogens (tertiary/aromatic N) is 3. The highest BCUT2D eigenvalue weighted by molar-refractivity contribution is 7.16. The van der Waals surface area contributed by atoms with Gasteiger partial charge in [0.25, 0.3) is 0 Å². The topological polar surface area (TPSA) is 50.3 Å². The molecule has 114 valence electrons. The van der Waals surface area contributed by atoms with Crippen LogP contribution in [0.5, 0.6) is 0 Å². The fourth-order valence-corrected chi connectivity index (χ4v) is 3.67. The molecule has 1 aliphatic rings. The zero-order valence-electron chi connectivity index (χ0n) is 12.8. The molecule has 0 saturated carbocycles. The second-order valence-electron chi connectivity index (χ2n) is 5.61. The van der Waals surface area contributed by atoms with E-state index >= 15 is 0 Å². The van der Waals surface area contributed by atoms with Crippen molar-refractivity contribution in [2.24, 2.45) is 0 Å². The fourth-order valence-electron chi connectivity index (χ4n) is 2.89. The lowest BCUT2D eigenvalue weighted by atomic mass is 10.2. The van der Waals surface area contributed by atoms with Crippen LogP contribution in [0.1, 0.15) is 26.6 Å². The number of morpholine rings is 1. The Kier molecular flexibility index (Phi) is 4.37. The molecule has 3 rings (SSSR count). The van der Waals surface area contributed by atoms with Crippen LogP contribution in [0.2, 0.25) is 0 Å². The minimum atomic E-state index is 0.271. The third kappa shape index (κ3) is 3.33. The maximum atomic E-state index is 5.78. The lowest BCUT2D eigenvalue weighted by Crippen LogP contribution is -2.45. The summed E-state index contributed by atoms with van der Waals surface area (Å²) in [4.78, 5) is 12.9. The highest BCUT2D eigenvalue weighted by atomic mass is 32.1. The first-order valence-electron chi connectivity index (χ1n) is 7.51. The van der Waals surface area contributed by atoms with Gasteiger partial charge in [0, 0.05) is 19.6 Å². The summed E-state index contributed by atoms with van der Waals surface area (Å²) < 4.78 is 5.78. The van der Waals surface area contributed by atoms with Crippen LogP contribution in [-0.4, -0.2) is 46.7 Å². The van der Waals surface area contributed by atoms with Crippen molar-refractivity contribution in [3.63, 3.8) is 0 Å². The Balaban J connectivity index is 1.83. The van der Waals surface area contributed by atoms with Gasteiger partial charge in [-0.05, 0) is 32.2 Å². The van der Waals surface area contributed by atoms with E-state index in [1.165, 1.54) is 0 Å². The van der Waals surface area contributed by atoms with Crippen LogP contribution in [-0.2, 0) is 11.3 Å². The summed E-state index contributed by atoms with van der Waals surface area (Å²) in [5.74, 6) is 1.84. The van der Waals surface area contributed by atoms with Crippen molar-refractivity contribution < 1.29 is 4.74 Å². The van der Waals surface area contributed by atoms with E-state index in [0.717, 1.165) is 48.0 Å². The molecule has 2 atom stereocenters. The molecule has 0 aromatic carbocycles. The van der Waals surface area contributed by atoms with Gasteiger partial charge in [-0.3, -0.25) is 4.90 Å². The van der Waals surface area contributed by atoms with Crippen molar-refractivity contribution >= 4 is 27.4 Å². The maximum Gasteiger partial charge on any atom is 0.146 e. The predicted molar refractivity (Wildman–Crippen MR) is 86.9 cm³/mol. The largest absolute Gasteiger partial charge is 0.373 e. The standard InChI is InChI=1S/C15H22N4OS/c1-4-16-14-12-5-6-21-15(12)18-13(17-14)9-19-7-10(2)20-11(3)8-19/h5-6,10-11H,4,7-9H2,1-3H3,(H,16,17,18)/t10-,11+. The molecule has 0 unspecified atom stereocenters. The lowest BCUT2D eigenvalue weighted by Gasteiger charge is -2.34. The zero-order chi connectivity index (χ0) is 14.8. The van der Waals surface area contributed by atoms with E-state index in [2.05, 4.69) is 42.4 Å². The maximum absolute atomic E-state index is 5.78. The molecule has 6 heteroatoms. The number of fused-ring (bicyclic) bond motifs is 1. The molecule has 1 saturated heterocycles. The van der Waals surface area contributed by atoms with Crippen molar-refractivity contribution in [1.82, 2.24) is 14.9 Å². The number of ether oxygens (including phenoxy) is 1. The summed E-state index contributed by atoms with van der Waals surface area (Å²) in [5.41, 5.74) is 0. The summed E-state index contributed by atoms with van der Waals surface area (Å²) >= 11 is 1.67. The van der Waals surface area contributed by atoms with Crippen molar-refractivity contribution in [2.45, 2.75) is 39.5 Å². The molecule has 1 fully saturated rings. The first kappa shape index (κ1) is 14.7. The monoisotopic (exact) mass is 306 g/mol. The van der Waals surface area contributed by atoms with Crippen LogP contribution >= 0.6 is 11.3 Å². The second-order valence-corrected chi connectivity index (χ2v) is 6.50. The van der Waals surface area contributed by atoms with Crippen LogP contribution in [0, 0.1) is 0 Å². The van der Waals surface area contributed by atoms with Gasteiger partial charge >= 0.3 is 0 Å². The number of hydrogen-bond acceptors (Lipinski definition) is 6. The number of rotatable bonds is 4. The fraction of sp³-hybridized carbons (Fsp3) is 0.600. The summed E-state index contributed by atoms with van der Waals surface area (Å²) in [6.45, 7) is 9.86. The molecule has 0 amide bonds. The second kappa shape index (κ2) is 6.25. The Morgan fingerprint density at radius 3 is 2.81 bits per heavy atom. The van der Waals surface area contributed by atoms with E-state index in [0.29, 0.717) is 0 Å². The predicted octanol–water partition coefficient (Wildman–Crippen LogP) is 2.73. The Bertz CT molecular complexity index is 605. The Morgan fingerprint density at radius 1 is 1.33 bits per heavy atom. The van der Waals surface area contributed by atoms with Gasteiger partial charge in [-0.15, -0.1) is 11.3 Å². The van der Waals surface area contributed by atoms with Crippen molar-refractivity contribution in [3.8, 4) is 0 Å². The summed E-state index contributed by atoms with van der Waals surface area (Å²) in [6, 6.07) is 2.08. The Hall–Kier alpha value is -1.24. The third-order valence-corrected chi connectivity index (χ3v) is 4.38. The third-order valence-electron chi connectivity index (χ3n) is 3.58. The number of anilines is 1. The molecule has 21 heavy (non-hydrogen) atoms. The SMILES string of the molecule is CCNc1nc(CN2C[C@@H](C)O[C@@H](C)C2)nc2sccc12. The number of nitrogens with one attached hydrogen (secondary N) is 1. The van der Waals surface area contributed by atoms with E-state index < -0.39 is 0 Å². The lowest BCUT2D eigenvalue weighted by molar-refractivity contribution is -0.0710. The van der Waals surface area contributed by atoms with E-state index in [9.17, 15) is 0 Å². The van der Waals surface area contributed by atoms with Crippen molar-refractivity contribution in [2.75, 3.05) is 25.0 Å². The normalized spacial score (nSPS) is 23.6. The number of thiophene rings is 1. The van der Waals surface area contributed by atoms with Gasteiger partial charge in [0.15, 0.2) is 0 Å². The molecular weight excluding hydrogens is 284 g/mol. The average Bonchev–Trinajstić information content (AvgIpc) is 2.86. The Morgan fingerprint density at radius 2 is 2.10 bits per heavy atom. The van der Waals surface area contributed by atoms with E-state index in [-0.39, 0.29) is 12.2 Å². The van der Waals surface area contributed by atoms with E-state index in [1.54, 1.807) is 11.3 Å². The van der Waals surface area contributed by atoms with Crippen LogP contribution in [0.3, 0.4) is 0 Å². The van der Waals surface area contributed by atoms with Gasteiger partial charge in [-0.1, -0.05) is 0 Å². The van der Waals surface area contributed by atoms with Gasteiger partial charge < -0.3 is 10.1 Å². The molecule has 0 bridgehead atoms. The summed E-state index contributed by atoms with van der Waals surface area (Å²) in [7, 11) is 0. The molecule has 0 aliphatic carbocycles. The summed E-state index contributed by atoms with van der Waals surface area (Å²) in [6.07, 6.45) is 0.542. The van der Waals surface area contributed by atoms with Gasteiger partial charge in [0.05, 0.1) is 24.1 Å². The zero-order valence-corrected chi connectivity index (χ0v) is 13.6. The first-order chi connectivity index (χ1) is 10.2. The Labute approximate surface area is 129 Å². The molecule has 1 aliphatic heterocycles. The minimum Gasteiger partial charge on any atom is -0.373 e. The van der Waals surface area contributed by atoms with Crippen molar-refractivity contribution in [1.29, 1.82) is 0 Å². The number of hydrogen-bond donors (Lipinski definition) is 1. The minimum absolute atomic E-state index is 0.271. The van der Waals surface area contributed by atoms with E-state index in [4.69, 9.17) is 14.7 Å². The highest BCUT2D eigenvalue weighted by Crippen LogP contribution is 2.25. The smallest absolute Gasteiger partial charge is 0.146 e. The van der Waals surface area contributed by atoms with E-state index in [1.807, 2.05) is 0 Å². The van der Waals surface area contributed by atoms with Crippen molar-refractivity contribution in [3.05, 3.63) is 17.3 Å². The van der Waals surface area contributed by atoms with Gasteiger partial charge in [-0.2, -0.15) is 0 Å². The summed E-state index contributed by atoms with van der Waals surface area (Å²) in [5, 5.41) is 6.54. The van der Waals surface area contributed by atoms with Gasteiger partial charge in [-0.25, -0.2) is 9.97 Å². The molecule has 0 spiro atoms.